The predicted molar refractivity (Wildman–Crippen MR) is 72.3 cm³/mol. The predicted octanol–water partition coefficient (Wildman–Crippen LogP) is 3.02. The van der Waals surface area contributed by atoms with Gasteiger partial charge in [-0.2, -0.15) is 0 Å². The third kappa shape index (κ3) is 4.31. The quantitative estimate of drug-likeness (QED) is 0.779. The zero-order valence-electron chi connectivity index (χ0n) is 11.6. The monoisotopic (exact) mass is 233 g/mol. The van der Waals surface area contributed by atoms with Crippen LogP contribution in [0.5, 0.6) is 0 Å². The molecule has 0 atom stereocenters. The van der Waals surface area contributed by atoms with Crippen molar-refractivity contribution in [3.8, 4) is 0 Å². The molecule has 0 aromatic heterocycles. The lowest BCUT2D eigenvalue weighted by atomic mass is 9.99. The van der Waals surface area contributed by atoms with Gasteiger partial charge in [-0.05, 0) is 51.4 Å². The Morgan fingerprint density at radius 3 is 2.18 bits per heavy atom. The van der Waals surface area contributed by atoms with Crippen molar-refractivity contribution >= 4 is 5.78 Å². The van der Waals surface area contributed by atoms with E-state index >= 15 is 0 Å². The molecule has 1 aromatic carbocycles. The summed E-state index contributed by atoms with van der Waals surface area (Å²) in [6.07, 6.45) is 0.639. The molecule has 0 aliphatic carbocycles. The van der Waals surface area contributed by atoms with Crippen molar-refractivity contribution in [2.24, 2.45) is 0 Å². The van der Waals surface area contributed by atoms with E-state index in [1.807, 2.05) is 0 Å². The van der Waals surface area contributed by atoms with Crippen LogP contribution in [0.15, 0.2) is 12.1 Å². The highest BCUT2D eigenvalue weighted by molar-refractivity contribution is 5.75. The molecular weight excluding hydrogens is 210 g/mol. The number of ketones is 1. The van der Waals surface area contributed by atoms with E-state index in [-0.39, 0.29) is 5.78 Å². The van der Waals surface area contributed by atoms with Crippen molar-refractivity contribution in [1.29, 1.82) is 0 Å². The molecule has 0 N–H and O–H groups in total. The lowest BCUT2D eigenvalue weighted by molar-refractivity contribution is -0.117. The van der Waals surface area contributed by atoms with Gasteiger partial charge >= 0.3 is 0 Å². The summed E-state index contributed by atoms with van der Waals surface area (Å²) in [5.41, 5.74) is 5.39. The fourth-order valence-corrected chi connectivity index (χ4v) is 2.16. The molecule has 0 heterocycles. The zero-order chi connectivity index (χ0) is 13.0. The topological polar surface area (TPSA) is 20.3 Å². The minimum Gasteiger partial charge on any atom is -0.302 e. The van der Waals surface area contributed by atoms with Gasteiger partial charge < -0.3 is 4.90 Å². The Balaban J connectivity index is 2.71. The van der Waals surface area contributed by atoms with Crippen molar-refractivity contribution in [3.05, 3.63) is 34.4 Å². The van der Waals surface area contributed by atoms with Gasteiger partial charge in [0.15, 0.2) is 0 Å². The second-order valence-corrected chi connectivity index (χ2v) is 5.07. The molecule has 0 aliphatic heterocycles. The Morgan fingerprint density at radius 2 is 1.71 bits per heavy atom. The van der Waals surface area contributed by atoms with E-state index in [0.717, 1.165) is 13.1 Å². The maximum absolute atomic E-state index is 11.0. The average molecular weight is 233 g/mol. The SMILES string of the molecule is CC(=O)CCN(C)Cc1c(C)cc(C)cc1C. The van der Waals surface area contributed by atoms with E-state index < -0.39 is 0 Å². The Bertz CT molecular complexity index is 386. The van der Waals surface area contributed by atoms with Gasteiger partial charge in [0.25, 0.3) is 0 Å². The van der Waals surface area contributed by atoms with E-state index in [4.69, 9.17) is 0 Å². The molecule has 0 bridgehead atoms. The van der Waals surface area contributed by atoms with Gasteiger partial charge in [0.1, 0.15) is 5.78 Å². The molecule has 1 aromatic rings. The summed E-state index contributed by atoms with van der Waals surface area (Å²) in [4.78, 5) is 13.2. The number of nitrogens with zero attached hydrogens (tertiary/aromatic N) is 1. The number of aryl methyl sites for hydroxylation is 3. The van der Waals surface area contributed by atoms with Crippen LogP contribution in [0.1, 0.15) is 35.6 Å². The van der Waals surface area contributed by atoms with Gasteiger partial charge in [0.2, 0.25) is 0 Å². The third-order valence-corrected chi connectivity index (χ3v) is 3.11. The number of hydrogen-bond acceptors (Lipinski definition) is 2. The normalized spacial score (nSPS) is 10.9. The van der Waals surface area contributed by atoms with Gasteiger partial charge in [-0.25, -0.2) is 0 Å². The van der Waals surface area contributed by atoms with E-state index in [9.17, 15) is 4.79 Å². The van der Waals surface area contributed by atoms with E-state index in [0.29, 0.717) is 6.42 Å². The van der Waals surface area contributed by atoms with Crippen LogP contribution >= 0.6 is 0 Å². The van der Waals surface area contributed by atoms with Crippen LogP contribution in [0.3, 0.4) is 0 Å². The minimum absolute atomic E-state index is 0.259. The molecule has 0 amide bonds. The Hall–Kier alpha value is -1.15. The Morgan fingerprint density at radius 1 is 1.18 bits per heavy atom. The van der Waals surface area contributed by atoms with Crippen molar-refractivity contribution in [2.45, 2.75) is 40.7 Å². The lowest BCUT2D eigenvalue weighted by Crippen LogP contribution is -2.21. The number of benzene rings is 1. The van der Waals surface area contributed by atoms with Gasteiger partial charge in [0.05, 0.1) is 0 Å². The molecular formula is C15H23NO. The first kappa shape index (κ1) is 13.9. The first-order valence-corrected chi connectivity index (χ1v) is 6.15. The molecule has 2 nitrogen and oxygen atoms in total. The number of rotatable bonds is 5. The highest BCUT2D eigenvalue weighted by atomic mass is 16.1. The molecule has 1 rings (SSSR count). The number of Topliss-reactive ketones (excluding diaryl/α,β-unsaturated/α-hetero) is 1. The number of carbonyl (C=O) groups is 1. The van der Waals surface area contributed by atoms with Crippen LogP contribution in [0, 0.1) is 20.8 Å². The highest BCUT2D eigenvalue weighted by Crippen LogP contribution is 2.17. The highest BCUT2D eigenvalue weighted by Gasteiger charge is 2.07. The average Bonchev–Trinajstić information content (AvgIpc) is 2.20. The molecule has 94 valence electrons. The summed E-state index contributed by atoms with van der Waals surface area (Å²) in [5.74, 6) is 0.259. The molecule has 0 unspecified atom stereocenters. The van der Waals surface area contributed by atoms with Crippen LogP contribution in [0.2, 0.25) is 0 Å². The molecule has 17 heavy (non-hydrogen) atoms. The van der Waals surface area contributed by atoms with Crippen LogP contribution in [-0.2, 0) is 11.3 Å². The molecule has 0 radical (unpaired) electrons. The van der Waals surface area contributed by atoms with Gasteiger partial charge in [-0.1, -0.05) is 17.7 Å². The van der Waals surface area contributed by atoms with Crippen molar-refractivity contribution < 1.29 is 4.79 Å². The van der Waals surface area contributed by atoms with Gasteiger partial charge in [0, 0.05) is 19.5 Å². The molecule has 0 saturated carbocycles. The van der Waals surface area contributed by atoms with Crippen LogP contribution in [0.4, 0.5) is 0 Å². The fourth-order valence-electron chi connectivity index (χ4n) is 2.16. The maximum Gasteiger partial charge on any atom is 0.131 e. The number of carbonyl (C=O) groups excluding carboxylic acids is 1. The first-order valence-electron chi connectivity index (χ1n) is 6.15. The van der Waals surface area contributed by atoms with Crippen molar-refractivity contribution in [2.75, 3.05) is 13.6 Å². The first-order chi connectivity index (χ1) is 7.90. The Kier molecular flexibility index (Phi) is 4.88. The smallest absolute Gasteiger partial charge is 0.131 e. The van der Waals surface area contributed by atoms with Crippen molar-refractivity contribution in [3.63, 3.8) is 0 Å². The van der Waals surface area contributed by atoms with Crippen molar-refractivity contribution in [1.82, 2.24) is 4.90 Å². The Labute approximate surface area is 105 Å². The fraction of sp³-hybridized carbons (Fsp3) is 0.533. The second-order valence-electron chi connectivity index (χ2n) is 5.07. The molecule has 0 aliphatic rings. The van der Waals surface area contributed by atoms with E-state index in [1.54, 1.807) is 6.92 Å². The van der Waals surface area contributed by atoms with Crippen LogP contribution in [-0.4, -0.2) is 24.3 Å². The summed E-state index contributed by atoms with van der Waals surface area (Å²) < 4.78 is 0. The minimum atomic E-state index is 0.259. The summed E-state index contributed by atoms with van der Waals surface area (Å²) in [6, 6.07) is 4.45. The summed E-state index contributed by atoms with van der Waals surface area (Å²) in [5, 5.41) is 0. The molecule has 0 saturated heterocycles. The standard InChI is InChI=1S/C15H23NO/c1-11-8-12(2)15(13(3)9-11)10-16(5)7-6-14(4)17/h8-9H,6-7,10H2,1-5H3. The summed E-state index contributed by atoms with van der Waals surface area (Å²) in [6.45, 7) is 9.86. The van der Waals surface area contributed by atoms with Crippen LogP contribution < -0.4 is 0 Å². The largest absolute Gasteiger partial charge is 0.302 e. The summed E-state index contributed by atoms with van der Waals surface area (Å²) in [7, 11) is 2.07. The second kappa shape index (κ2) is 5.97. The summed E-state index contributed by atoms with van der Waals surface area (Å²) >= 11 is 0. The third-order valence-electron chi connectivity index (χ3n) is 3.11. The molecule has 0 fully saturated rings. The van der Waals surface area contributed by atoms with Crippen LogP contribution in [0.25, 0.3) is 0 Å². The van der Waals surface area contributed by atoms with Gasteiger partial charge in [-0.15, -0.1) is 0 Å². The lowest BCUT2D eigenvalue weighted by Gasteiger charge is -2.19. The van der Waals surface area contributed by atoms with Gasteiger partial charge in [-0.3, -0.25) is 4.79 Å². The maximum atomic E-state index is 11.0. The zero-order valence-corrected chi connectivity index (χ0v) is 11.6. The molecule has 0 spiro atoms. The van der Waals surface area contributed by atoms with E-state index in [2.05, 4.69) is 44.9 Å². The van der Waals surface area contributed by atoms with E-state index in [1.165, 1.54) is 22.3 Å². The number of hydrogen-bond donors (Lipinski definition) is 0. The molecule has 2 heteroatoms.